The fourth-order valence-corrected chi connectivity index (χ4v) is 1.85. The number of likely N-dealkylation sites (N-methyl/N-ethyl adjacent to an activating group) is 1. The number of rotatable bonds is 5. The number of H-pyrrole nitrogens is 1. The van der Waals surface area contributed by atoms with Crippen LogP contribution in [-0.2, 0) is 0 Å². The van der Waals surface area contributed by atoms with Crippen molar-refractivity contribution < 1.29 is 4.79 Å². The van der Waals surface area contributed by atoms with Crippen LogP contribution in [0.5, 0.6) is 0 Å². The lowest BCUT2D eigenvalue weighted by Gasteiger charge is -2.11. The van der Waals surface area contributed by atoms with Gasteiger partial charge in [-0.15, -0.1) is 12.4 Å². The second-order valence-corrected chi connectivity index (χ2v) is 4.55. The number of hydrogen-bond acceptors (Lipinski definition) is 2. The Morgan fingerprint density at radius 3 is 2.60 bits per heavy atom. The number of carbonyl (C=O) groups is 1. The minimum Gasteiger partial charge on any atom is -0.366 e. The number of benzene rings is 1. The number of nitrogens with one attached hydrogen (secondary N) is 3. The highest BCUT2D eigenvalue weighted by Crippen LogP contribution is 2.22. The number of amides is 1. The molecule has 1 aromatic heterocycles. The van der Waals surface area contributed by atoms with Crippen LogP contribution in [0.25, 0.3) is 11.1 Å². The zero-order chi connectivity index (χ0) is 13.7. The number of hydrogen-bond donors (Lipinski definition) is 3. The standard InChI is InChI=1S/C15H19N3O.ClH/c1-11(16-2)8-18-15(19)14-10-17-9-13(14)12-6-4-3-5-7-12;/h3-7,9-11,16-17H,8H2,1-2H3,(H,18,19);1H. The smallest absolute Gasteiger partial charge is 0.253 e. The largest absolute Gasteiger partial charge is 0.366 e. The maximum atomic E-state index is 12.2. The minimum absolute atomic E-state index is 0. The van der Waals surface area contributed by atoms with Gasteiger partial charge < -0.3 is 15.6 Å². The predicted octanol–water partition coefficient (Wildman–Crippen LogP) is 2.44. The summed E-state index contributed by atoms with van der Waals surface area (Å²) < 4.78 is 0. The molecule has 0 saturated carbocycles. The van der Waals surface area contributed by atoms with E-state index in [0.717, 1.165) is 11.1 Å². The quantitative estimate of drug-likeness (QED) is 0.793. The normalized spacial score (nSPS) is 11.5. The summed E-state index contributed by atoms with van der Waals surface area (Å²) in [5.41, 5.74) is 2.64. The van der Waals surface area contributed by atoms with Crippen molar-refractivity contribution in [3.63, 3.8) is 0 Å². The van der Waals surface area contributed by atoms with Gasteiger partial charge in [-0.25, -0.2) is 0 Å². The van der Waals surface area contributed by atoms with E-state index in [1.807, 2.05) is 50.5 Å². The third-order valence-corrected chi connectivity index (χ3v) is 3.14. The van der Waals surface area contributed by atoms with Gasteiger partial charge in [0.25, 0.3) is 5.91 Å². The topological polar surface area (TPSA) is 56.9 Å². The summed E-state index contributed by atoms with van der Waals surface area (Å²) in [5.74, 6) is -0.0535. The third kappa shape index (κ3) is 3.85. The molecule has 1 amide bonds. The monoisotopic (exact) mass is 293 g/mol. The maximum absolute atomic E-state index is 12.2. The van der Waals surface area contributed by atoms with Crippen LogP contribution in [0.2, 0.25) is 0 Å². The summed E-state index contributed by atoms with van der Waals surface area (Å²) in [6.07, 6.45) is 3.59. The lowest BCUT2D eigenvalue weighted by Crippen LogP contribution is -2.37. The summed E-state index contributed by atoms with van der Waals surface area (Å²) in [6, 6.07) is 10.1. The second-order valence-electron chi connectivity index (χ2n) is 4.55. The van der Waals surface area contributed by atoms with Crippen molar-refractivity contribution in [2.24, 2.45) is 0 Å². The molecule has 20 heavy (non-hydrogen) atoms. The average Bonchev–Trinajstić information content (AvgIpc) is 2.94. The van der Waals surface area contributed by atoms with Crippen LogP contribution in [0.4, 0.5) is 0 Å². The van der Waals surface area contributed by atoms with E-state index in [1.165, 1.54) is 0 Å². The van der Waals surface area contributed by atoms with Gasteiger partial charge in [-0.3, -0.25) is 4.79 Å². The van der Waals surface area contributed by atoms with Gasteiger partial charge in [0.15, 0.2) is 0 Å². The van der Waals surface area contributed by atoms with Crippen molar-refractivity contribution in [3.05, 3.63) is 48.3 Å². The molecule has 3 N–H and O–H groups in total. The first kappa shape index (κ1) is 16.3. The molecular weight excluding hydrogens is 274 g/mol. The highest BCUT2D eigenvalue weighted by Gasteiger charge is 2.13. The zero-order valence-electron chi connectivity index (χ0n) is 11.6. The Bertz CT molecular complexity index is 539. The van der Waals surface area contributed by atoms with Crippen molar-refractivity contribution in [1.29, 1.82) is 0 Å². The Morgan fingerprint density at radius 1 is 1.25 bits per heavy atom. The minimum atomic E-state index is -0.0535. The Balaban J connectivity index is 0.00000200. The van der Waals surface area contributed by atoms with Crippen molar-refractivity contribution in [3.8, 4) is 11.1 Å². The van der Waals surface area contributed by atoms with E-state index in [-0.39, 0.29) is 24.4 Å². The van der Waals surface area contributed by atoms with Crippen molar-refractivity contribution >= 4 is 18.3 Å². The van der Waals surface area contributed by atoms with Gasteiger partial charge in [-0.1, -0.05) is 30.3 Å². The Labute approximate surface area is 125 Å². The molecule has 1 aromatic carbocycles. The SMILES string of the molecule is CNC(C)CNC(=O)c1c[nH]cc1-c1ccccc1.Cl. The molecule has 0 fully saturated rings. The van der Waals surface area contributed by atoms with Crippen LogP contribution in [0, 0.1) is 0 Å². The summed E-state index contributed by atoms with van der Waals surface area (Å²) >= 11 is 0. The van der Waals surface area contributed by atoms with Crippen LogP contribution >= 0.6 is 12.4 Å². The molecular formula is C15H20ClN3O. The van der Waals surface area contributed by atoms with Crippen LogP contribution in [0.3, 0.4) is 0 Å². The first-order valence-electron chi connectivity index (χ1n) is 6.40. The lowest BCUT2D eigenvalue weighted by atomic mass is 10.0. The van der Waals surface area contributed by atoms with Crippen LogP contribution < -0.4 is 10.6 Å². The first-order chi connectivity index (χ1) is 9.22. The molecule has 0 radical (unpaired) electrons. The molecule has 0 aliphatic carbocycles. The molecule has 2 aromatic rings. The van der Waals surface area contributed by atoms with Crippen molar-refractivity contribution in [2.75, 3.05) is 13.6 Å². The Morgan fingerprint density at radius 2 is 1.95 bits per heavy atom. The number of aromatic amines is 1. The Kier molecular flexibility index (Phi) is 6.28. The molecule has 0 spiro atoms. The van der Waals surface area contributed by atoms with Gasteiger partial charge in [0, 0.05) is 30.5 Å². The van der Waals surface area contributed by atoms with Crippen LogP contribution in [-0.4, -0.2) is 30.5 Å². The van der Waals surface area contributed by atoms with Gasteiger partial charge in [0.05, 0.1) is 5.56 Å². The van der Waals surface area contributed by atoms with E-state index in [1.54, 1.807) is 6.20 Å². The van der Waals surface area contributed by atoms with Crippen LogP contribution in [0.15, 0.2) is 42.7 Å². The fourth-order valence-electron chi connectivity index (χ4n) is 1.85. The highest BCUT2D eigenvalue weighted by atomic mass is 35.5. The van der Waals surface area contributed by atoms with Gasteiger partial charge in [-0.2, -0.15) is 0 Å². The van der Waals surface area contributed by atoms with E-state index in [4.69, 9.17) is 0 Å². The summed E-state index contributed by atoms with van der Waals surface area (Å²) in [5, 5.41) is 6.01. The predicted molar refractivity (Wildman–Crippen MR) is 84.3 cm³/mol. The average molecular weight is 294 g/mol. The molecule has 0 bridgehead atoms. The highest BCUT2D eigenvalue weighted by molar-refractivity contribution is 6.00. The first-order valence-corrected chi connectivity index (χ1v) is 6.40. The van der Waals surface area contributed by atoms with Gasteiger partial charge in [0.1, 0.15) is 0 Å². The van der Waals surface area contributed by atoms with E-state index < -0.39 is 0 Å². The maximum Gasteiger partial charge on any atom is 0.253 e. The molecule has 0 aliphatic rings. The molecule has 2 rings (SSSR count). The van der Waals surface area contributed by atoms with Gasteiger partial charge in [0.2, 0.25) is 0 Å². The Hall–Kier alpha value is -1.78. The lowest BCUT2D eigenvalue weighted by molar-refractivity contribution is 0.0951. The molecule has 1 unspecified atom stereocenters. The summed E-state index contributed by atoms with van der Waals surface area (Å²) in [6.45, 7) is 2.63. The third-order valence-electron chi connectivity index (χ3n) is 3.14. The molecule has 0 aliphatic heterocycles. The number of carbonyl (C=O) groups excluding carboxylic acids is 1. The van der Waals surface area contributed by atoms with E-state index >= 15 is 0 Å². The van der Waals surface area contributed by atoms with E-state index in [9.17, 15) is 4.79 Å². The second kappa shape index (κ2) is 7.72. The number of aromatic nitrogens is 1. The molecule has 4 nitrogen and oxygen atoms in total. The molecule has 1 heterocycles. The number of halogens is 1. The van der Waals surface area contributed by atoms with E-state index in [0.29, 0.717) is 12.1 Å². The molecule has 108 valence electrons. The molecule has 0 saturated heterocycles. The van der Waals surface area contributed by atoms with Crippen LogP contribution in [0.1, 0.15) is 17.3 Å². The van der Waals surface area contributed by atoms with Gasteiger partial charge in [-0.05, 0) is 19.5 Å². The molecule has 1 atom stereocenters. The van der Waals surface area contributed by atoms with Crippen molar-refractivity contribution in [2.45, 2.75) is 13.0 Å². The zero-order valence-corrected chi connectivity index (χ0v) is 12.5. The summed E-state index contributed by atoms with van der Waals surface area (Å²) in [7, 11) is 1.88. The summed E-state index contributed by atoms with van der Waals surface area (Å²) in [4.78, 5) is 15.2. The van der Waals surface area contributed by atoms with Crippen molar-refractivity contribution in [1.82, 2.24) is 15.6 Å². The van der Waals surface area contributed by atoms with Gasteiger partial charge >= 0.3 is 0 Å². The molecule has 5 heteroatoms. The fraction of sp³-hybridized carbons (Fsp3) is 0.267. The van der Waals surface area contributed by atoms with E-state index in [2.05, 4.69) is 15.6 Å².